The maximum absolute atomic E-state index is 12.0. The van der Waals surface area contributed by atoms with E-state index in [0.29, 0.717) is 18.8 Å². The molecule has 0 heterocycles. The third kappa shape index (κ3) is 4.54. The summed E-state index contributed by atoms with van der Waals surface area (Å²) in [5.41, 5.74) is 6.21. The fraction of sp³-hybridized carbons (Fsp3) is 0.500. The van der Waals surface area contributed by atoms with E-state index < -0.39 is 0 Å². The topological polar surface area (TPSA) is 67.6 Å². The molecule has 0 bridgehead atoms. The minimum Gasteiger partial charge on any atom is -0.497 e. The molecule has 1 aromatic carbocycles. The molecule has 0 atom stereocenters. The Kier molecular flexibility index (Phi) is 5.32. The molecule has 1 amide bonds. The maximum Gasteiger partial charge on any atom is 0.238 e. The fourth-order valence-electron chi connectivity index (χ4n) is 1.49. The molecule has 0 saturated heterocycles. The highest BCUT2D eigenvalue weighted by Crippen LogP contribution is 2.17. The van der Waals surface area contributed by atoms with Crippen molar-refractivity contribution in [1.82, 2.24) is 4.90 Å². The predicted octanol–water partition coefficient (Wildman–Crippen LogP) is 1.30. The zero-order valence-electron chi connectivity index (χ0n) is 12.1. The Morgan fingerprint density at radius 3 is 2.74 bits per heavy atom. The third-order valence-electron chi connectivity index (χ3n) is 3.27. The molecule has 0 aromatic heterocycles. The molecule has 0 fully saturated rings. The van der Waals surface area contributed by atoms with Crippen LogP contribution in [-0.2, 0) is 4.79 Å². The van der Waals surface area contributed by atoms with Gasteiger partial charge >= 0.3 is 0 Å². The molecule has 1 rings (SSSR count). The smallest absolute Gasteiger partial charge is 0.238 e. The van der Waals surface area contributed by atoms with Gasteiger partial charge in [0.1, 0.15) is 5.75 Å². The lowest BCUT2D eigenvalue weighted by Crippen LogP contribution is -2.49. The van der Waals surface area contributed by atoms with Crippen molar-refractivity contribution in [3.63, 3.8) is 0 Å². The number of nitrogens with zero attached hydrogens (tertiary/aromatic N) is 1. The Bertz CT molecular complexity index is 432. The van der Waals surface area contributed by atoms with Crippen molar-refractivity contribution in [2.75, 3.05) is 32.6 Å². The van der Waals surface area contributed by atoms with Gasteiger partial charge in [-0.05, 0) is 33.0 Å². The number of anilines is 1. The third-order valence-corrected chi connectivity index (χ3v) is 3.27. The molecule has 0 spiro atoms. The van der Waals surface area contributed by atoms with Crippen LogP contribution < -0.4 is 15.8 Å². The molecule has 106 valence electrons. The van der Waals surface area contributed by atoms with Gasteiger partial charge in [-0.1, -0.05) is 6.07 Å². The molecule has 5 heteroatoms. The standard InChI is InChI=1S/C14H23N3O2/c1-14(2,10-15)17(3)9-13(18)16-11-6-5-7-12(8-11)19-4/h5-8H,9-10,15H2,1-4H3,(H,16,18). The highest BCUT2D eigenvalue weighted by atomic mass is 16.5. The zero-order valence-corrected chi connectivity index (χ0v) is 12.1. The summed E-state index contributed by atoms with van der Waals surface area (Å²) in [5.74, 6) is 0.644. The van der Waals surface area contributed by atoms with Crippen LogP contribution in [0.5, 0.6) is 5.75 Å². The fourth-order valence-corrected chi connectivity index (χ4v) is 1.49. The number of methoxy groups -OCH3 is 1. The van der Waals surface area contributed by atoms with Crippen LogP contribution in [0.25, 0.3) is 0 Å². The quantitative estimate of drug-likeness (QED) is 0.813. The van der Waals surface area contributed by atoms with Gasteiger partial charge in [0.05, 0.1) is 13.7 Å². The lowest BCUT2D eigenvalue weighted by molar-refractivity contribution is -0.118. The first kappa shape index (κ1) is 15.5. The Hall–Kier alpha value is -1.59. The number of nitrogens with two attached hydrogens (primary N) is 1. The molecule has 3 N–H and O–H groups in total. The van der Waals surface area contributed by atoms with Crippen molar-refractivity contribution < 1.29 is 9.53 Å². The summed E-state index contributed by atoms with van der Waals surface area (Å²) < 4.78 is 5.11. The van der Waals surface area contributed by atoms with E-state index in [0.717, 1.165) is 5.69 Å². The van der Waals surface area contributed by atoms with Crippen molar-refractivity contribution in [1.29, 1.82) is 0 Å². The second-order valence-electron chi connectivity index (χ2n) is 5.15. The second kappa shape index (κ2) is 6.54. The summed E-state index contributed by atoms with van der Waals surface area (Å²) in [4.78, 5) is 13.9. The van der Waals surface area contributed by atoms with Crippen LogP contribution in [0.3, 0.4) is 0 Å². The van der Waals surface area contributed by atoms with E-state index in [1.54, 1.807) is 13.2 Å². The number of carbonyl (C=O) groups is 1. The highest BCUT2D eigenvalue weighted by Gasteiger charge is 2.23. The SMILES string of the molecule is COc1cccc(NC(=O)CN(C)C(C)(C)CN)c1. The number of carbonyl (C=O) groups excluding carboxylic acids is 1. The minimum atomic E-state index is -0.203. The summed E-state index contributed by atoms with van der Waals surface area (Å²) in [5, 5.41) is 2.84. The Morgan fingerprint density at radius 2 is 2.16 bits per heavy atom. The number of ether oxygens (including phenoxy) is 1. The summed E-state index contributed by atoms with van der Waals surface area (Å²) in [6.07, 6.45) is 0. The molecule has 0 radical (unpaired) electrons. The van der Waals surface area contributed by atoms with Crippen molar-refractivity contribution in [3.05, 3.63) is 24.3 Å². The highest BCUT2D eigenvalue weighted by molar-refractivity contribution is 5.92. The van der Waals surface area contributed by atoms with Crippen molar-refractivity contribution >= 4 is 11.6 Å². The number of amides is 1. The number of hydrogen-bond acceptors (Lipinski definition) is 4. The van der Waals surface area contributed by atoms with Crippen molar-refractivity contribution in [2.45, 2.75) is 19.4 Å². The summed E-state index contributed by atoms with van der Waals surface area (Å²) in [6, 6.07) is 7.28. The van der Waals surface area contributed by atoms with Crippen LogP contribution in [0, 0.1) is 0 Å². The van der Waals surface area contributed by atoms with Gasteiger partial charge in [-0.2, -0.15) is 0 Å². The Morgan fingerprint density at radius 1 is 1.47 bits per heavy atom. The maximum atomic E-state index is 12.0. The van der Waals surface area contributed by atoms with Gasteiger partial charge in [-0.3, -0.25) is 9.69 Å². The van der Waals surface area contributed by atoms with Crippen molar-refractivity contribution in [3.8, 4) is 5.75 Å². The summed E-state index contributed by atoms with van der Waals surface area (Å²) in [7, 11) is 3.48. The Balaban J connectivity index is 2.60. The number of likely N-dealkylation sites (N-methyl/N-ethyl adjacent to an activating group) is 1. The molecular formula is C14H23N3O2. The van der Waals surface area contributed by atoms with Gasteiger partial charge in [0.15, 0.2) is 0 Å². The molecule has 0 aliphatic rings. The van der Waals surface area contributed by atoms with Crippen LogP contribution in [0.1, 0.15) is 13.8 Å². The molecular weight excluding hydrogens is 242 g/mol. The normalized spacial score (nSPS) is 11.5. The van der Waals surface area contributed by atoms with Gasteiger partial charge in [-0.25, -0.2) is 0 Å². The first-order chi connectivity index (χ1) is 8.89. The molecule has 1 aromatic rings. The lowest BCUT2D eigenvalue weighted by Gasteiger charge is -2.33. The summed E-state index contributed by atoms with van der Waals surface area (Å²) in [6.45, 7) is 4.80. The monoisotopic (exact) mass is 265 g/mol. The van der Waals surface area contributed by atoms with Crippen LogP contribution in [0.4, 0.5) is 5.69 Å². The molecule has 5 nitrogen and oxygen atoms in total. The molecule has 0 aliphatic carbocycles. The molecule has 19 heavy (non-hydrogen) atoms. The number of nitrogens with one attached hydrogen (secondary N) is 1. The minimum absolute atomic E-state index is 0.0720. The average molecular weight is 265 g/mol. The number of hydrogen-bond donors (Lipinski definition) is 2. The van der Waals surface area contributed by atoms with Gasteiger partial charge < -0.3 is 15.8 Å². The summed E-state index contributed by atoms with van der Waals surface area (Å²) >= 11 is 0. The van der Waals surface area contributed by atoms with E-state index in [2.05, 4.69) is 5.32 Å². The van der Waals surface area contributed by atoms with Gasteiger partial charge in [-0.15, -0.1) is 0 Å². The Labute approximate surface area is 114 Å². The molecule has 0 unspecified atom stereocenters. The van der Waals surface area contributed by atoms with E-state index in [-0.39, 0.29) is 11.4 Å². The molecule has 0 aliphatic heterocycles. The van der Waals surface area contributed by atoms with E-state index in [1.807, 2.05) is 44.0 Å². The number of benzene rings is 1. The van der Waals surface area contributed by atoms with Crippen molar-refractivity contribution in [2.24, 2.45) is 5.73 Å². The first-order valence-corrected chi connectivity index (χ1v) is 6.24. The largest absolute Gasteiger partial charge is 0.497 e. The van der Waals surface area contributed by atoms with Crippen LogP contribution in [-0.4, -0.2) is 43.6 Å². The van der Waals surface area contributed by atoms with E-state index in [4.69, 9.17) is 10.5 Å². The second-order valence-corrected chi connectivity index (χ2v) is 5.15. The van der Waals surface area contributed by atoms with Crippen LogP contribution in [0.2, 0.25) is 0 Å². The van der Waals surface area contributed by atoms with E-state index in [1.165, 1.54) is 0 Å². The average Bonchev–Trinajstić information content (AvgIpc) is 2.38. The first-order valence-electron chi connectivity index (χ1n) is 6.24. The van der Waals surface area contributed by atoms with Crippen LogP contribution >= 0.6 is 0 Å². The van der Waals surface area contributed by atoms with E-state index >= 15 is 0 Å². The lowest BCUT2D eigenvalue weighted by atomic mass is 10.0. The van der Waals surface area contributed by atoms with Gasteiger partial charge in [0, 0.05) is 23.8 Å². The van der Waals surface area contributed by atoms with Gasteiger partial charge in [0.25, 0.3) is 0 Å². The van der Waals surface area contributed by atoms with Gasteiger partial charge in [0.2, 0.25) is 5.91 Å². The van der Waals surface area contributed by atoms with Crippen LogP contribution in [0.15, 0.2) is 24.3 Å². The molecule has 0 saturated carbocycles. The van der Waals surface area contributed by atoms with E-state index in [9.17, 15) is 4.79 Å². The zero-order chi connectivity index (χ0) is 14.5. The number of rotatable bonds is 6. The predicted molar refractivity (Wildman–Crippen MR) is 77.4 cm³/mol.